The van der Waals surface area contributed by atoms with Gasteiger partial charge >= 0.3 is 6.18 Å². The van der Waals surface area contributed by atoms with E-state index in [0.29, 0.717) is 24.4 Å². The number of hydrogen-bond donors (Lipinski definition) is 2. The summed E-state index contributed by atoms with van der Waals surface area (Å²) in [7, 11) is 1.58. The summed E-state index contributed by atoms with van der Waals surface area (Å²) in [5.74, 6) is 0. The third-order valence-electron chi connectivity index (χ3n) is 5.77. The average Bonchev–Trinajstić information content (AvgIpc) is 2.88. The Morgan fingerprint density at radius 3 is 2.55 bits per heavy atom. The van der Waals surface area contributed by atoms with Crippen LogP contribution in [0.15, 0.2) is 18.2 Å². The van der Waals surface area contributed by atoms with Gasteiger partial charge in [0.1, 0.15) is 6.54 Å². The fourth-order valence-corrected chi connectivity index (χ4v) is 4.25. The highest BCUT2D eigenvalue weighted by molar-refractivity contribution is 5.96. The number of nitrogens with zero attached hydrogens (tertiary/aromatic N) is 2. The van der Waals surface area contributed by atoms with Crippen molar-refractivity contribution < 1.29 is 23.0 Å². The summed E-state index contributed by atoms with van der Waals surface area (Å²) in [4.78, 5) is 2.22. The van der Waals surface area contributed by atoms with E-state index >= 15 is 0 Å². The van der Waals surface area contributed by atoms with E-state index in [0.717, 1.165) is 42.6 Å². The minimum absolute atomic E-state index is 0.252. The van der Waals surface area contributed by atoms with Crippen LogP contribution >= 0.6 is 0 Å². The number of methoxy groups -OCH3 is 1. The molecule has 1 aliphatic rings. The molecule has 8 heteroatoms. The summed E-state index contributed by atoms with van der Waals surface area (Å²) in [6.07, 6.45) is -2.92. The van der Waals surface area contributed by atoms with Gasteiger partial charge in [0, 0.05) is 49.6 Å². The Morgan fingerprint density at radius 2 is 1.93 bits per heavy atom. The fraction of sp³-hybridized carbons (Fsp3) is 0.619. The summed E-state index contributed by atoms with van der Waals surface area (Å²) in [6, 6.07) is 5.77. The number of ether oxygens (including phenoxy) is 1. The topological polar surface area (TPSA) is 49.7 Å². The summed E-state index contributed by atoms with van der Waals surface area (Å²) in [5, 5.41) is 14.3. The van der Waals surface area contributed by atoms with E-state index in [1.165, 1.54) is 4.57 Å². The molecule has 2 aromatic rings. The zero-order chi connectivity index (χ0) is 21.2. The maximum absolute atomic E-state index is 13.0. The first-order valence-corrected chi connectivity index (χ1v) is 10.0. The van der Waals surface area contributed by atoms with Gasteiger partial charge in [0.05, 0.1) is 18.2 Å². The van der Waals surface area contributed by atoms with Crippen LogP contribution in [0.4, 0.5) is 18.9 Å². The molecule has 0 saturated carbocycles. The molecule has 1 atom stereocenters. The van der Waals surface area contributed by atoms with Crippen LogP contribution in [0.2, 0.25) is 0 Å². The van der Waals surface area contributed by atoms with Crippen molar-refractivity contribution in [3.63, 3.8) is 0 Å². The molecule has 1 saturated heterocycles. The Morgan fingerprint density at radius 1 is 1.24 bits per heavy atom. The lowest BCUT2D eigenvalue weighted by atomic mass is 10.0. The molecule has 5 nitrogen and oxygen atoms in total. The van der Waals surface area contributed by atoms with Crippen molar-refractivity contribution in [3.05, 3.63) is 29.5 Å². The number of nitrogens with one attached hydrogen (secondary N) is 1. The van der Waals surface area contributed by atoms with E-state index in [-0.39, 0.29) is 6.04 Å². The molecule has 0 bridgehead atoms. The number of halogens is 3. The van der Waals surface area contributed by atoms with Crippen LogP contribution in [0, 0.1) is 13.8 Å². The molecule has 1 fully saturated rings. The van der Waals surface area contributed by atoms with Crippen LogP contribution in [-0.4, -0.2) is 66.2 Å². The normalized spacial score (nSPS) is 17.8. The third kappa shape index (κ3) is 5.24. The van der Waals surface area contributed by atoms with Gasteiger partial charge in [0.15, 0.2) is 0 Å². The van der Waals surface area contributed by atoms with Gasteiger partial charge in [-0.2, -0.15) is 13.2 Å². The number of aliphatic hydroxyl groups is 1. The lowest BCUT2D eigenvalue weighted by Crippen LogP contribution is -2.43. The summed E-state index contributed by atoms with van der Waals surface area (Å²) in [6.45, 7) is 5.30. The number of alkyl halides is 3. The van der Waals surface area contributed by atoms with Crippen molar-refractivity contribution in [2.24, 2.45) is 0 Å². The Hall–Kier alpha value is -1.77. The number of aryl methyl sites for hydroxylation is 1. The Kier molecular flexibility index (Phi) is 6.76. The molecule has 0 aliphatic carbocycles. The first-order chi connectivity index (χ1) is 13.7. The molecule has 2 heterocycles. The number of rotatable bonds is 7. The zero-order valence-corrected chi connectivity index (χ0v) is 17.2. The molecule has 29 heavy (non-hydrogen) atoms. The van der Waals surface area contributed by atoms with Crippen molar-refractivity contribution in [2.75, 3.05) is 38.7 Å². The van der Waals surface area contributed by atoms with E-state index in [4.69, 9.17) is 4.74 Å². The van der Waals surface area contributed by atoms with E-state index in [2.05, 4.69) is 10.2 Å². The molecule has 0 spiro atoms. The molecule has 1 aromatic carbocycles. The molecule has 162 valence electrons. The standard InChI is InChI=1S/C21H30F3N3O2/c1-14-15(2)27(13-21(22,23)24)19-6-4-5-18(20(14)19)25-16-7-9-26(10-8-16)11-17(28)12-29-3/h4-6,16-17,25,28H,7-13H2,1-3H3. The molecule has 1 unspecified atom stereocenters. The Labute approximate surface area is 169 Å². The number of aromatic nitrogens is 1. The molecule has 1 aromatic heterocycles. The predicted molar refractivity (Wildman–Crippen MR) is 108 cm³/mol. The maximum atomic E-state index is 13.0. The highest BCUT2D eigenvalue weighted by Gasteiger charge is 2.30. The van der Waals surface area contributed by atoms with Gasteiger partial charge in [-0.05, 0) is 44.4 Å². The summed E-state index contributed by atoms with van der Waals surface area (Å²) >= 11 is 0. The summed E-state index contributed by atoms with van der Waals surface area (Å²) in [5.41, 5.74) is 3.03. The van der Waals surface area contributed by atoms with Crippen LogP contribution < -0.4 is 5.32 Å². The largest absolute Gasteiger partial charge is 0.406 e. The van der Waals surface area contributed by atoms with E-state index < -0.39 is 18.8 Å². The van der Waals surface area contributed by atoms with Crippen LogP contribution in [-0.2, 0) is 11.3 Å². The van der Waals surface area contributed by atoms with Crippen LogP contribution in [0.1, 0.15) is 24.1 Å². The second-order valence-electron chi connectivity index (χ2n) is 7.94. The van der Waals surface area contributed by atoms with Crippen molar-refractivity contribution in [2.45, 2.75) is 51.6 Å². The number of aliphatic hydroxyl groups excluding tert-OH is 1. The van der Waals surface area contributed by atoms with Gasteiger partial charge in [-0.25, -0.2) is 0 Å². The quantitative estimate of drug-likeness (QED) is 0.727. The van der Waals surface area contributed by atoms with Crippen LogP contribution in [0.25, 0.3) is 10.9 Å². The van der Waals surface area contributed by atoms with Gasteiger partial charge in [0.25, 0.3) is 0 Å². The average molecular weight is 413 g/mol. The predicted octanol–water partition coefficient (Wildman–Crippen LogP) is 3.70. The van der Waals surface area contributed by atoms with Gasteiger partial charge in [-0.3, -0.25) is 0 Å². The van der Waals surface area contributed by atoms with Crippen molar-refractivity contribution in [3.8, 4) is 0 Å². The molecule has 0 radical (unpaired) electrons. The number of piperidine rings is 1. The SMILES string of the molecule is COCC(O)CN1CCC(Nc2cccc3c2c(C)c(C)n3CC(F)(F)F)CC1. The number of anilines is 1. The first-order valence-electron chi connectivity index (χ1n) is 10.0. The van der Waals surface area contributed by atoms with Crippen molar-refractivity contribution >= 4 is 16.6 Å². The van der Waals surface area contributed by atoms with Crippen molar-refractivity contribution in [1.82, 2.24) is 9.47 Å². The fourth-order valence-electron chi connectivity index (χ4n) is 4.25. The van der Waals surface area contributed by atoms with E-state index in [1.807, 2.05) is 19.1 Å². The lowest BCUT2D eigenvalue weighted by molar-refractivity contribution is -0.140. The van der Waals surface area contributed by atoms with Crippen LogP contribution in [0.3, 0.4) is 0 Å². The minimum atomic E-state index is -4.26. The molecular weight excluding hydrogens is 383 g/mol. The highest BCUT2D eigenvalue weighted by atomic mass is 19.4. The second kappa shape index (κ2) is 8.93. The number of benzene rings is 1. The van der Waals surface area contributed by atoms with Crippen LogP contribution in [0.5, 0.6) is 0 Å². The molecule has 2 N–H and O–H groups in total. The monoisotopic (exact) mass is 413 g/mol. The number of fused-ring (bicyclic) bond motifs is 1. The third-order valence-corrected chi connectivity index (χ3v) is 5.77. The molecule has 1 aliphatic heterocycles. The van der Waals surface area contributed by atoms with Gasteiger partial charge in [-0.1, -0.05) is 6.07 Å². The molecule has 0 amide bonds. The van der Waals surface area contributed by atoms with Gasteiger partial charge in [-0.15, -0.1) is 0 Å². The zero-order valence-electron chi connectivity index (χ0n) is 17.2. The van der Waals surface area contributed by atoms with E-state index in [9.17, 15) is 18.3 Å². The number of likely N-dealkylation sites (tertiary alicyclic amines) is 1. The lowest BCUT2D eigenvalue weighted by Gasteiger charge is -2.34. The Balaban J connectivity index is 1.72. The number of β-amino-alcohol motifs (C(OH)–C–C–N with tert-alkyl or cyclic N) is 1. The number of hydrogen-bond acceptors (Lipinski definition) is 4. The minimum Gasteiger partial charge on any atom is -0.389 e. The molecule has 3 rings (SSSR count). The van der Waals surface area contributed by atoms with Gasteiger partial charge in [0.2, 0.25) is 0 Å². The smallest absolute Gasteiger partial charge is 0.389 e. The first kappa shape index (κ1) is 21.9. The maximum Gasteiger partial charge on any atom is 0.406 e. The Bertz CT molecular complexity index is 827. The highest BCUT2D eigenvalue weighted by Crippen LogP contribution is 2.34. The molecular formula is C21H30F3N3O2. The van der Waals surface area contributed by atoms with E-state index in [1.54, 1.807) is 20.1 Å². The van der Waals surface area contributed by atoms with Gasteiger partial charge < -0.3 is 24.6 Å². The van der Waals surface area contributed by atoms with Crippen molar-refractivity contribution in [1.29, 1.82) is 0 Å². The second-order valence-corrected chi connectivity index (χ2v) is 7.94. The summed E-state index contributed by atoms with van der Waals surface area (Å²) < 4.78 is 45.5.